The van der Waals surface area contributed by atoms with E-state index in [0.29, 0.717) is 5.41 Å². The van der Waals surface area contributed by atoms with Crippen molar-refractivity contribution in [2.45, 2.75) is 52.9 Å². The second-order valence-corrected chi connectivity index (χ2v) is 6.97. The lowest BCUT2D eigenvalue weighted by atomic mass is 9.70. The molecule has 1 aromatic rings. The highest BCUT2D eigenvalue weighted by Crippen LogP contribution is 2.39. The normalized spacial score (nSPS) is 24.6. The summed E-state index contributed by atoms with van der Waals surface area (Å²) in [4.78, 5) is 4.13. The topological polar surface area (TPSA) is 53.6 Å². The molecule has 4 nitrogen and oxygen atoms in total. The number of rotatable bonds is 5. The van der Waals surface area contributed by atoms with Gasteiger partial charge in [-0.15, -0.1) is 0 Å². The molecule has 0 aliphatic heterocycles. The van der Waals surface area contributed by atoms with Gasteiger partial charge in [0.2, 0.25) is 0 Å². The van der Waals surface area contributed by atoms with Crippen LogP contribution in [-0.4, -0.2) is 28.3 Å². The molecule has 0 bridgehead atoms. The molecule has 0 unspecified atom stereocenters. The van der Waals surface area contributed by atoms with Gasteiger partial charge in [-0.3, -0.25) is 5.10 Å². The number of hydrogen-bond donors (Lipinski definition) is 2. The Kier molecular flexibility index (Phi) is 4.97. The first-order valence-electron chi connectivity index (χ1n) is 7.60. The number of hydrogen-bond acceptors (Lipinski definition) is 3. The van der Waals surface area contributed by atoms with Gasteiger partial charge in [0, 0.05) is 13.0 Å². The molecule has 2 rings (SSSR count). The van der Waals surface area contributed by atoms with Gasteiger partial charge >= 0.3 is 0 Å². The molecule has 1 aromatic heterocycles. The van der Waals surface area contributed by atoms with E-state index in [4.69, 9.17) is 0 Å². The molecular formula is C15H28N4. The lowest BCUT2D eigenvalue weighted by Crippen LogP contribution is -2.31. The van der Waals surface area contributed by atoms with Gasteiger partial charge < -0.3 is 5.32 Å². The minimum absolute atomic E-state index is 0.491. The van der Waals surface area contributed by atoms with E-state index in [1.54, 1.807) is 6.33 Å². The van der Waals surface area contributed by atoms with E-state index in [1.807, 2.05) is 0 Å². The molecule has 1 aliphatic rings. The highest BCUT2D eigenvalue weighted by Gasteiger charge is 2.29. The lowest BCUT2D eigenvalue weighted by molar-refractivity contribution is 0.149. The average molecular weight is 264 g/mol. The molecule has 1 fully saturated rings. The zero-order chi connectivity index (χ0) is 13.7. The maximum atomic E-state index is 4.13. The van der Waals surface area contributed by atoms with E-state index in [1.165, 1.54) is 25.7 Å². The molecule has 0 amide bonds. The Labute approximate surface area is 116 Å². The summed E-state index contributed by atoms with van der Waals surface area (Å²) < 4.78 is 0. The second kappa shape index (κ2) is 6.51. The Bertz CT molecular complexity index is 345. The molecular weight excluding hydrogens is 236 g/mol. The summed E-state index contributed by atoms with van der Waals surface area (Å²) in [6, 6.07) is 0. The van der Waals surface area contributed by atoms with Crippen molar-refractivity contribution in [1.29, 1.82) is 0 Å². The van der Waals surface area contributed by atoms with Gasteiger partial charge in [-0.25, -0.2) is 4.98 Å². The SMILES string of the molecule is CC(C)(C)C1CCC(CNCCc2ncn[nH]2)CC1. The van der Waals surface area contributed by atoms with E-state index in [2.05, 4.69) is 41.3 Å². The zero-order valence-corrected chi connectivity index (χ0v) is 12.6. The quantitative estimate of drug-likeness (QED) is 0.804. The first-order valence-corrected chi connectivity index (χ1v) is 7.60. The predicted octanol–water partition coefficient (Wildman–Crippen LogP) is 2.79. The van der Waals surface area contributed by atoms with Crippen molar-refractivity contribution >= 4 is 0 Å². The Hall–Kier alpha value is -0.900. The molecule has 19 heavy (non-hydrogen) atoms. The largest absolute Gasteiger partial charge is 0.316 e. The molecule has 2 N–H and O–H groups in total. The number of aromatic nitrogens is 3. The lowest BCUT2D eigenvalue weighted by Gasteiger charge is -2.37. The van der Waals surface area contributed by atoms with E-state index < -0.39 is 0 Å². The standard InChI is InChI=1S/C15H28N4/c1-15(2,3)13-6-4-12(5-7-13)10-16-9-8-14-17-11-18-19-14/h11-13,16H,4-10H2,1-3H3,(H,17,18,19). The number of nitrogens with one attached hydrogen (secondary N) is 2. The van der Waals surface area contributed by atoms with Gasteiger partial charge in [0.15, 0.2) is 0 Å². The highest BCUT2D eigenvalue weighted by molar-refractivity contribution is 4.83. The van der Waals surface area contributed by atoms with Crippen LogP contribution >= 0.6 is 0 Å². The third kappa shape index (κ3) is 4.60. The third-order valence-corrected chi connectivity index (χ3v) is 4.51. The van der Waals surface area contributed by atoms with Crippen LogP contribution in [0.1, 0.15) is 52.3 Å². The van der Waals surface area contributed by atoms with Gasteiger partial charge in [-0.05, 0) is 49.5 Å². The van der Waals surface area contributed by atoms with Gasteiger partial charge in [-0.1, -0.05) is 20.8 Å². The van der Waals surface area contributed by atoms with E-state index in [-0.39, 0.29) is 0 Å². The number of H-pyrrole nitrogens is 1. The summed E-state index contributed by atoms with van der Waals surface area (Å²) >= 11 is 0. The summed E-state index contributed by atoms with van der Waals surface area (Å²) in [6.07, 6.45) is 8.09. The van der Waals surface area contributed by atoms with Crippen LogP contribution in [0.4, 0.5) is 0 Å². The van der Waals surface area contributed by atoms with Crippen LogP contribution in [0, 0.1) is 17.3 Å². The van der Waals surface area contributed by atoms with Crippen molar-refractivity contribution in [3.05, 3.63) is 12.2 Å². The molecule has 0 radical (unpaired) electrons. The third-order valence-electron chi connectivity index (χ3n) is 4.51. The first kappa shape index (κ1) is 14.5. The minimum atomic E-state index is 0.491. The molecule has 0 atom stereocenters. The fraction of sp³-hybridized carbons (Fsp3) is 0.867. The van der Waals surface area contributed by atoms with Crippen LogP contribution in [0.15, 0.2) is 6.33 Å². The van der Waals surface area contributed by atoms with Gasteiger partial charge in [0.05, 0.1) is 0 Å². The summed E-state index contributed by atoms with van der Waals surface area (Å²) in [5.41, 5.74) is 0.491. The van der Waals surface area contributed by atoms with Crippen LogP contribution in [0.25, 0.3) is 0 Å². The second-order valence-electron chi connectivity index (χ2n) is 6.97. The first-order chi connectivity index (χ1) is 9.05. The highest BCUT2D eigenvalue weighted by atomic mass is 15.2. The Morgan fingerprint density at radius 2 is 2.00 bits per heavy atom. The van der Waals surface area contributed by atoms with Crippen molar-refractivity contribution in [2.75, 3.05) is 13.1 Å². The van der Waals surface area contributed by atoms with Crippen LogP contribution in [0.5, 0.6) is 0 Å². The average Bonchev–Trinajstić information content (AvgIpc) is 2.87. The van der Waals surface area contributed by atoms with Crippen LogP contribution in [0.3, 0.4) is 0 Å². The van der Waals surface area contributed by atoms with Crippen molar-refractivity contribution < 1.29 is 0 Å². The minimum Gasteiger partial charge on any atom is -0.316 e. The molecule has 4 heteroatoms. The molecule has 1 saturated carbocycles. The van der Waals surface area contributed by atoms with Crippen molar-refractivity contribution in [1.82, 2.24) is 20.5 Å². The van der Waals surface area contributed by atoms with E-state index in [0.717, 1.165) is 37.2 Å². The summed E-state index contributed by atoms with van der Waals surface area (Å²) in [5.74, 6) is 2.76. The fourth-order valence-corrected chi connectivity index (χ4v) is 3.10. The smallest absolute Gasteiger partial charge is 0.137 e. The summed E-state index contributed by atoms with van der Waals surface area (Å²) in [7, 11) is 0. The van der Waals surface area contributed by atoms with Crippen LogP contribution in [-0.2, 0) is 6.42 Å². The van der Waals surface area contributed by atoms with Crippen LogP contribution in [0.2, 0.25) is 0 Å². The molecule has 0 aromatic carbocycles. The van der Waals surface area contributed by atoms with Crippen molar-refractivity contribution in [3.8, 4) is 0 Å². The Morgan fingerprint density at radius 3 is 2.58 bits per heavy atom. The van der Waals surface area contributed by atoms with Crippen LogP contribution < -0.4 is 5.32 Å². The Morgan fingerprint density at radius 1 is 1.26 bits per heavy atom. The summed E-state index contributed by atoms with van der Waals surface area (Å²) in [6.45, 7) is 9.30. The van der Waals surface area contributed by atoms with Gasteiger partial charge in [0.25, 0.3) is 0 Å². The predicted molar refractivity (Wildman–Crippen MR) is 77.9 cm³/mol. The van der Waals surface area contributed by atoms with E-state index >= 15 is 0 Å². The number of nitrogens with zero attached hydrogens (tertiary/aromatic N) is 2. The monoisotopic (exact) mass is 264 g/mol. The zero-order valence-electron chi connectivity index (χ0n) is 12.6. The molecule has 0 spiro atoms. The summed E-state index contributed by atoms with van der Waals surface area (Å²) in [5, 5.41) is 10.3. The molecule has 108 valence electrons. The molecule has 0 saturated heterocycles. The van der Waals surface area contributed by atoms with Gasteiger partial charge in [0.1, 0.15) is 12.2 Å². The van der Waals surface area contributed by atoms with Gasteiger partial charge in [-0.2, -0.15) is 5.10 Å². The maximum Gasteiger partial charge on any atom is 0.137 e. The van der Waals surface area contributed by atoms with Crippen molar-refractivity contribution in [3.63, 3.8) is 0 Å². The fourth-order valence-electron chi connectivity index (χ4n) is 3.10. The van der Waals surface area contributed by atoms with E-state index in [9.17, 15) is 0 Å². The van der Waals surface area contributed by atoms with Crippen molar-refractivity contribution in [2.24, 2.45) is 17.3 Å². The number of aromatic amines is 1. The molecule has 1 aliphatic carbocycles. The molecule has 1 heterocycles. The Balaban J connectivity index is 1.58. The maximum absolute atomic E-state index is 4.13.